The van der Waals surface area contributed by atoms with Crippen molar-refractivity contribution in [3.63, 3.8) is 0 Å². The predicted molar refractivity (Wildman–Crippen MR) is 69.8 cm³/mol. The molecule has 96 valence electrons. The van der Waals surface area contributed by atoms with Crippen molar-refractivity contribution < 1.29 is 9.53 Å². The fourth-order valence-corrected chi connectivity index (χ4v) is 1.90. The van der Waals surface area contributed by atoms with Crippen molar-refractivity contribution >= 4 is 11.6 Å². The number of hydrogen-bond acceptors (Lipinski definition) is 3. The SMILES string of the molecule is Cc1ccc2nc(COC(=O)c3ccc[nH]3)cn2c1. The second-order valence-electron chi connectivity index (χ2n) is 4.36. The first-order chi connectivity index (χ1) is 9.22. The van der Waals surface area contributed by atoms with E-state index in [-0.39, 0.29) is 12.6 Å². The fraction of sp³-hybridized carbons (Fsp3) is 0.143. The van der Waals surface area contributed by atoms with E-state index in [1.165, 1.54) is 0 Å². The lowest BCUT2D eigenvalue weighted by molar-refractivity contribution is 0.0462. The van der Waals surface area contributed by atoms with E-state index < -0.39 is 0 Å². The molecule has 1 N–H and O–H groups in total. The molecule has 3 aromatic rings. The van der Waals surface area contributed by atoms with Gasteiger partial charge in [0.1, 0.15) is 17.9 Å². The maximum Gasteiger partial charge on any atom is 0.355 e. The number of imidazole rings is 1. The molecule has 0 amide bonds. The Hall–Kier alpha value is -2.56. The van der Waals surface area contributed by atoms with Crippen LogP contribution in [0.4, 0.5) is 0 Å². The number of pyridine rings is 1. The summed E-state index contributed by atoms with van der Waals surface area (Å²) in [5.74, 6) is -0.377. The molecule has 0 fully saturated rings. The number of hydrogen-bond donors (Lipinski definition) is 1. The molecular weight excluding hydrogens is 242 g/mol. The van der Waals surface area contributed by atoms with Crippen LogP contribution in [-0.4, -0.2) is 20.3 Å². The standard InChI is InChI=1S/C14H13N3O2/c1-10-4-5-13-16-11(8-17(13)7-10)9-19-14(18)12-3-2-6-15-12/h2-8,15H,9H2,1H3. The van der Waals surface area contributed by atoms with Crippen LogP contribution in [0, 0.1) is 6.92 Å². The monoisotopic (exact) mass is 255 g/mol. The smallest absolute Gasteiger partial charge is 0.355 e. The van der Waals surface area contributed by atoms with Gasteiger partial charge in [0, 0.05) is 18.6 Å². The van der Waals surface area contributed by atoms with Crippen LogP contribution < -0.4 is 0 Å². The lowest BCUT2D eigenvalue weighted by Gasteiger charge is -1.99. The zero-order chi connectivity index (χ0) is 13.2. The molecule has 0 aliphatic carbocycles. The average Bonchev–Trinajstić information content (AvgIpc) is 3.04. The highest BCUT2D eigenvalue weighted by atomic mass is 16.5. The Labute approximate surface area is 109 Å². The molecule has 3 heterocycles. The normalized spacial score (nSPS) is 10.8. The van der Waals surface area contributed by atoms with Gasteiger partial charge in [-0.1, -0.05) is 6.07 Å². The number of carbonyl (C=O) groups is 1. The maximum atomic E-state index is 11.7. The van der Waals surface area contributed by atoms with E-state index in [4.69, 9.17) is 4.74 Å². The molecular formula is C14H13N3O2. The number of carbonyl (C=O) groups excluding carboxylic acids is 1. The van der Waals surface area contributed by atoms with Gasteiger partial charge in [-0.05, 0) is 30.7 Å². The zero-order valence-corrected chi connectivity index (χ0v) is 10.5. The maximum absolute atomic E-state index is 11.7. The Morgan fingerprint density at radius 3 is 3.05 bits per heavy atom. The molecule has 3 aromatic heterocycles. The zero-order valence-electron chi connectivity index (χ0n) is 10.5. The highest BCUT2D eigenvalue weighted by molar-refractivity contribution is 5.87. The van der Waals surface area contributed by atoms with Gasteiger partial charge in [-0.2, -0.15) is 0 Å². The van der Waals surface area contributed by atoms with Crippen molar-refractivity contribution in [3.8, 4) is 0 Å². The van der Waals surface area contributed by atoms with E-state index in [1.54, 1.807) is 18.3 Å². The number of H-pyrrole nitrogens is 1. The highest BCUT2D eigenvalue weighted by Crippen LogP contribution is 2.09. The van der Waals surface area contributed by atoms with E-state index in [0.29, 0.717) is 5.69 Å². The summed E-state index contributed by atoms with van der Waals surface area (Å²) in [5, 5.41) is 0. The minimum Gasteiger partial charge on any atom is -0.454 e. The molecule has 0 aliphatic rings. The van der Waals surface area contributed by atoms with Gasteiger partial charge in [-0.25, -0.2) is 9.78 Å². The van der Waals surface area contributed by atoms with Gasteiger partial charge in [0.2, 0.25) is 0 Å². The van der Waals surface area contributed by atoms with Crippen LogP contribution in [0.15, 0.2) is 42.9 Å². The van der Waals surface area contributed by atoms with Gasteiger partial charge < -0.3 is 14.1 Å². The fourth-order valence-electron chi connectivity index (χ4n) is 1.90. The minimum absolute atomic E-state index is 0.165. The number of fused-ring (bicyclic) bond motifs is 1. The van der Waals surface area contributed by atoms with Crippen molar-refractivity contribution in [1.82, 2.24) is 14.4 Å². The molecule has 0 bridgehead atoms. The third-order valence-electron chi connectivity index (χ3n) is 2.82. The Balaban J connectivity index is 1.73. The van der Waals surface area contributed by atoms with Gasteiger partial charge in [0.05, 0.1) is 5.69 Å². The second kappa shape index (κ2) is 4.61. The predicted octanol–water partition coefficient (Wildman–Crippen LogP) is 2.33. The van der Waals surface area contributed by atoms with E-state index >= 15 is 0 Å². The van der Waals surface area contributed by atoms with Gasteiger partial charge >= 0.3 is 5.97 Å². The number of aryl methyl sites for hydroxylation is 1. The molecule has 5 heteroatoms. The number of nitrogens with one attached hydrogen (secondary N) is 1. The topological polar surface area (TPSA) is 59.4 Å². The van der Waals surface area contributed by atoms with Crippen molar-refractivity contribution in [2.75, 3.05) is 0 Å². The molecule has 5 nitrogen and oxygen atoms in total. The van der Waals surface area contributed by atoms with Crippen LogP contribution in [-0.2, 0) is 11.3 Å². The van der Waals surface area contributed by atoms with Crippen molar-refractivity contribution in [2.24, 2.45) is 0 Å². The van der Waals surface area contributed by atoms with Crippen molar-refractivity contribution in [1.29, 1.82) is 0 Å². The lowest BCUT2D eigenvalue weighted by Crippen LogP contribution is -2.05. The summed E-state index contributed by atoms with van der Waals surface area (Å²) in [4.78, 5) is 18.9. The molecule has 0 aliphatic heterocycles. The molecule has 0 radical (unpaired) electrons. The average molecular weight is 255 g/mol. The second-order valence-corrected chi connectivity index (χ2v) is 4.36. The summed E-state index contributed by atoms with van der Waals surface area (Å²) >= 11 is 0. The lowest BCUT2D eigenvalue weighted by atomic mass is 10.3. The van der Waals surface area contributed by atoms with Crippen LogP contribution >= 0.6 is 0 Å². The number of rotatable bonds is 3. The first kappa shape index (κ1) is 11.5. The number of aromatic amines is 1. The number of ether oxygens (including phenoxy) is 1. The van der Waals surface area contributed by atoms with Gasteiger partial charge in [-0.15, -0.1) is 0 Å². The molecule has 0 atom stereocenters. The van der Waals surface area contributed by atoms with E-state index in [2.05, 4.69) is 9.97 Å². The number of nitrogens with zero attached hydrogens (tertiary/aromatic N) is 2. The van der Waals surface area contributed by atoms with Crippen LogP contribution in [0.1, 0.15) is 21.7 Å². The largest absolute Gasteiger partial charge is 0.454 e. The summed E-state index contributed by atoms with van der Waals surface area (Å²) in [7, 11) is 0. The van der Waals surface area contributed by atoms with Crippen LogP contribution in [0.5, 0.6) is 0 Å². The summed E-state index contributed by atoms with van der Waals surface area (Å²) < 4.78 is 7.11. The Kier molecular flexibility index (Phi) is 2.79. The van der Waals surface area contributed by atoms with E-state index in [0.717, 1.165) is 16.9 Å². The van der Waals surface area contributed by atoms with Crippen molar-refractivity contribution in [3.05, 3.63) is 59.8 Å². The number of esters is 1. The molecule has 3 rings (SSSR count). The molecule has 0 aromatic carbocycles. The van der Waals surface area contributed by atoms with E-state index in [1.807, 2.05) is 35.9 Å². The van der Waals surface area contributed by atoms with Crippen LogP contribution in [0.25, 0.3) is 5.65 Å². The van der Waals surface area contributed by atoms with Crippen LogP contribution in [0.3, 0.4) is 0 Å². The molecule has 0 unspecified atom stereocenters. The Bertz CT molecular complexity index is 713. The molecule has 0 saturated heterocycles. The molecule has 0 spiro atoms. The summed E-state index contributed by atoms with van der Waals surface area (Å²) in [5.41, 5.74) is 3.17. The third kappa shape index (κ3) is 2.35. The van der Waals surface area contributed by atoms with E-state index in [9.17, 15) is 4.79 Å². The summed E-state index contributed by atoms with van der Waals surface area (Å²) in [6, 6.07) is 7.36. The summed E-state index contributed by atoms with van der Waals surface area (Å²) in [6.45, 7) is 2.18. The van der Waals surface area contributed by atoms with Crippen molar-refractivity contribution in [2.45, 2.75) is 13.5 Å². The minimum atomic E-state index is -0.377. The van der Waals surface area contributed by atoms with Gasteiger partial charge in [0.25, 0.3) is 0 Å². The van der Waals surface area contributed by atoms with Gasteiger partial charge in [-0.3, -0.25) is 0 Å². The highest BCUT2D eigenvalue weighted by Gasteiger charge is 2.09. The number of aromatic nitrogens is 3. The van der Waals surface area contributed by atoms with Crippen LogP contribution in [0.2, 0.25) is 0 Å². The third-order valence-corrected chi connectivity index (χ3v) is 2.82. The summed E-state index contributed by atoms with van der Waals surface area (Å²) in [6.07, 6.45) is 5.53. The Morgan fingerprint density at radius 2 is 2.26 bits per heavy atom. The molecule has 0 saturated carbocycles. The Morgan fingerprint density at radius 1 is 1.37 bits per heavy atom. The van der Waals surface area contributed by atoms with Gasteiger partial charge in [0.15, 0.2) is 0 Å². The first-order valence-electron chi connectivity index (χ1n) is 5.97. The quantitative estimate of drug-likeness (QED) is 0.731. The molecule has 19 heavy (non-hydrogen) atoms. The first-order valence-corrected chi connectivity index (χ1v) is 5.97.